The molecule has 2 aromatic carbocycles. The molecule has 0 unspecified atom stereocenters. The summed E-state index contributed by atoms with van der Waals surface area (Å²) in [5, 5.41) is 8.52. The number of rotatable bonds is 6. The lowest BCUT2D eigenvalue weighted by Gasteiger charge is -2.09. The molecule has 0 saturated heterocycles. The highest BCUT2D eigenvalue weighted by atomic mass is 19.1. The van der Waals surface area contributed by atoms with E-state index in [9.17, 15) is 27.2 Å². The van der Waals surface area contributed by atoms with Crippen LogP contribution in [0.5, 0.6) is 0 Å². The Bertz CT molecular complexity index is 813. The van der Waals surface area contributed by atoms with E-state index in [0.717, 1.165) is 12.1 Å². The Morgan fingerprint density at radius 3 is 1.37 bits per heavy atom. The second-order valence-electron chi connectivity index (χ2n) is 6.94. The molecule has 164 valence electrons. The number of carboxylic acid groups (broad SMARTS) is 1. The molecule has 5 N–H and O–H groups in total. The molecule has 9 heteroatoms. The van der Waals surface area contributed by atoms with Crippen molar-refractivity contribution in [2.75, 3.05) is 0 Å². The molecule has 0 aliphatic heterocycles. The molecule has 5 nitrogen and oxygen atoms in total. The summed E-state index contributed by atoms with van der Waals surface area (Å²) in [5.74, 6) is -4.00. The first-order valence-corrected chi connectivity index (χ1v) is 8.96. The van der Waals surface area contributed by atoms with E-state index in [0.29, 0.717) is 5.56 Å². The summed E-state index contributed by atoms with van der Waals surface area (Å²) in [6.07, 6.45) is 0.0624. The van der Waals surface area contributed by atoms with Crippen LogP contribution in [0.15, 0.2) is 24.3 Å². The van der Waals surface area contributed by atoms with Crippen molar-refractivity contribution in [2.45, 2.75) is 45.7 Å². The number of carboxylic acids is 1. The fourth-order valence-corrected chi connectivity index (χ4v) is 2.37. The molecule has 2 rings (SSSR count). The van der Waals surface area contributed by atoms with Gasteiger partial charge in [0.1, 0.15) is 35.1 Å². The molecule has 0 aliphatic rings. The van der Waals surface area contributed by atoms with Gasteiger partial charge in [-0.15, -0.1) is 0 Å². The van der Waals surface area contributed by atoms with Crippen LogP contribution in [0, 0.1) is 37.1 Å². The van der Waals surface area contributed by atoms with Gasteiger partial charge in [0.2, 0.25) is 0 Å². The van der Waals surface area contributed by atoms with Gasteiger partial charge in [0, 0.05) is 11.1 Å². The monoisotopic (exact) mass is 428 g/mol. The lowest BCUT2D eigenvalue weighted by Crippen LogP contribution is -2.32. The number of aliphatic carboxylic acids is 1. The summed E-state index contributed by atoms with van der Waals surface area (Å²) in [6.45, 7) is 4.02. The second kappa shape index (κ2) is 10.8. The first-order valence-electron chi connectivity index (χ1n) is 8.96. The van der Waals surface area contributed by atoms with Crippen LogP contribution >= 0.6 is 0 Å². The highest BCUT2D eigenvalue weighted by Crippen LogP contribution is 2.16. The minimum absolute atomic E-state index is 0.0184. The van der Waals surface area contributed by atoms with Crippen LogP contribution in [0.4, 0.5) is 17.6 Å². The summed E-state index contributed by atoms with van der Waals surface area (Å²) in [4.78, 5) is 21.3. The molecule has 0 aliphatic carbocycles. The van der Waals surface area contributed by atoms with Crippen LogP contribution in [-0.4, -0.2) is 28.9 Å². The van der Waals surface area contributed by atoms with Crippen molar-refractivity contribution in [1.82, 2.24) is 0 Å². The fourth-order valence-electron chi connectivity index (χ4n) is 2.37. The molecule has 2 aromatic rings. The quantitative estimate of drug-likeness (QED) is 0.614. The van der Waals surface area contributed by atoms with Gasteiger partial charge in [-0.05, 0) is 69.0 Å². The van der Waals surface area contributed by atoms with Crippen LogP contribution in [0.25, 0.3) is 0 Å². The molecular formula is C21H24F4N2O3. The van der Waals surface area contributed by atoms with Gasteiger partial charge in [-0.25, -0.2) is 17.6 Å². The van der Waals surface area contributed by atoms with Crippen molar-refractivity contribution >= 4 is 11.8 Å². The van der Waals surface area contributed by atoms with Gasteiger partial charge in [-0.1, -0.05) is 0 Å². The maximum atomic E-state index is 13.1. The van der Waals surface area contributed by atoms with Gasteiger partial charge in [-0.3, -0.25) is 9.59 Å². The third kappa shape index (κ3) is 7.23. The van der Waals surface area contributed by atoms with E-state index in [1.165, 1.54) is 32.9 Å². The van der Waals surface area contributed by atoms with Crippen LogP contribution in [0.1, 0.15) is 29.2 Å². The molecule has 0 heterocycles. The number of nitrogens with two attached hydrogens (primary N) is 2. The number of Topliss-reactive ketones (excluding diaryl/α,β-unsaturated/α-hetero) is 1. The minimum atomic E-state index is -1.20. The molecule has 30 heavy (non-hydrogen) atoms. The van der Waals surface area contributed by atoms with Crippen molar-refractivity contribution in [2.24, 2.45) is 11.5 Å². The Morgan fingerprint density at radius 2 is 1.10 bits per heavy atom. The third-order valence-corrected chi connectivity index (χ3v) is 4.43. The van der Waals surface area contributed by atoms with Gasteiger partial charge < -0.3 is 16.6 Å². The topological polar surface area (TPSA) is 106 Å². The number of hydrogen-bond donors (Lipinski definition) is 3. The minimum Gasteiger partial charge on any atom is -0.480 e. The van der Waals surface area contributed by atoms with Gasteiger partial charge in [0.15, 0.2) is 0 Å². The number of hydrogen-bond acceptors (Lipinski definition) is 4. The van der Waals surface area contributed by atoms with Gasteiger partial charge >= 0.3 is 5.97 Å². The van der Waals surface area contributed by atoms with E-state index in [2.05, 4.69) is 0 Å². The molecule has 0 radical (unpaired) electrons. The standard InChI is InChI=1S/C11H13F2NO.C10H11F2NO2/c1-6-9(12)3-8(4-10(6)13)5-11(14)7(2)15;1-5-7(11)2-6(3-8(5)12)4-9(13)10(14)15/h3-4,11H,5,14H2,1-2H3;2-3,9H,4,13H2,1H3,(H,14,15)/t11-;9-/m00/s1. The van der Waals surface area contributed by atoms with E-state index in [1.807, 2.05) is 0 Å². The second-order valence-corrected chi connectivity index (χ2v) is 6.94. The van der Waals surface area contributed by atoms with Crippen molar-refractivity contribution in [3.8, 4) is 0 Å². The summed E-state index contributed by atoms with van der Waals surface area (Å²) >= 11 is 0. The number of ketones is 1. The number of carbonyl (C=O) groups is 2. The molecule has 0 aromatic heterocycles. The van der Waals surface area contributed by atoms with Gasteiger partial charge in [-0.2, -0.15) is 0 Å². The smallest absolute Gasteiger partial charge is 0.320 e. The SMILES string of the molecule is CC(=O)[C@@H](N)Cc1cc(F)c(C)c(F)c1.Cc1c(F)cc(C[C@H](N)C(=O)O)cc1F. The number of halogens is 4. The molecular weight excluding hydrogens is 404 g/mol. The Morgan fingerprint density at radius 1 is 0.800 bits per heavy atom. The van der Waals surface area contributed by atoms with E-state index in [-0.39, 0.29) is 35.3 Å². The van der Waals surface area contributed by atoms with Crippen molar-refractivity contribution in [3.63, 3.8) is 0 Å². The van der Waals surface area contributed by atoms with E-state index >= 15 is 0 Å². The average Bonchev–Trinajstić information content (AvgIpc) is 2.64. The van der Waals surface area contributed by atoms with Gasteiger partial charge in [0.25, 0.3) is 0 Å². The van der Waals surface area contributed by atoms with Crippen LogP contribution in [0.2, 0.25) is 0 Å². The van der Waals surface area contributed by atoms with Crippen molar-refractivity contribution in [3.05, 3.63) is 69.8 Å². The summed E-state index contributed by atoms with van der Waals surface area (Å²) in [7, 11) is 0. The maximum Gasteiger partial charge on any atom is 0.320 e. The highest BCUT2D eigenvalue weighted by Gasteiger charge is 2.15. The number of benzene rings is 2. The Labute approximate surface area is 171 Å². The fraction of sp³-hybridized carbons (Fsp3) is 0.333. The zero-order valence-electron chi connectivity index (χ0n) is 16.8. The van der Waals surface area contributed by atoms with E-state index in [4.69, 9.17) is 16.6 Å². The predicted molar refractivity (Wildman–Crippen MR) is 104 cm³/mol. The Balaban J connectivity index is 0.000000300. The lowest BCUT2D eigenvalue weighted by atomic mass is 10.0. The molecule has 2 atom stereocenters. The number of carbonyl (C=O) groups excluding carboxylic acids is 1. The van der Waals surface area contributed by atoms with Crippen LogP contribution < -0.4 is 11.5 Å². The Hall–Kier alpha value is -2.78. The van der Waals surface area contributed by atoms with E-state index < -0.39 is 41.3 Å². The lowest BCUT2D eigenvalue weighted by molar-refractivity contribution is -0.138. The van der Waals surface area contributed by atoms with Crippen molar-refractivity contribution in [1.29, 1.82) is 0 Å². The third-order valence-electron chi connectivity index (χ3n) is 4.43. The zero-order valence-corrected chi connectivity index (χ0v) is 16.8. The van der Waals surface area contributed by atoms with Crippen LogP contribution in [0.3, 0.4) is 0 Å². The molecule has 0 spiro atoms. The predicted octanol–water partition coefficient (Wildman–Crippen LogP) is 2.96. The van der Waals surface area contributed by atoms with Gasteiger partial charge in [0.05, 0.1) is 6.04 Å². The van der Waals surface area contributed by atoms with Crippen LogP contribution in [-0.2, 0) is 22.4 Å². The molecule has 0 bridgehead atoms. The maximum absolute atomic E-state index is 13.1. The highest BCUT2D eigenvalue weighted by molar-refractivity contribution is 5.81. The Kier molecular flexibility index (Phi) is 9.13. The summed E-state index contributed by atoms with van der Waals surface area (Å²) in [5.41, 5.74) is 11.3. The first kappa shape index (κ1) is 25.3. The molecule has 0 fully saturated rings. The summed E-state index contributed by atoms with van der Waals surface area (Å²) in [6, 6.07) is 2.77. The molecule has 0 amide bonds. The average molecular weight is 428 g/mol. The normalized spacial score (nSPS) is 12.6. The van der Waals surface area contributed by atoms with E-state index in [1.54, 1.807) is 0 Å². The summed E-state index contributed by atoms with van der Waals surface area (Å²) < 4.78 is 52.4. The zero-order chi connectivity index (χ0) is 23.2. The largest absolute Gasteiger partial charge is 0.480 e. The first-order chi connectivity index (χ1) is 13.8. The molecule has 0 saturated carbocycles. The van der Waals surface area contributed by atoms with Crippen molar-refractivity contribution < 1.29 is 32.3 Å².